The molecule has 5 heteroatoms. The molecule has 0 amide bonds. The highest BCUT2D eigenvalue weighted by Crippen LogP contribution is 2.38. The lowest BCUT2D eigenvalue weighted by Gasteiger charge is -2.22. The molecule has 0 fully saturated rings. The van der Waals surface area contributed by atoms with Crippen molar-refractivity contribution in [2.45, 2.75) is 32.4 Å². The Morgan fingerprint density at radius 3 is 2.26 bits per heavy atom. The number of alkyl halides is 3. The lowest BCUT2D eigenvalue weighted by Crippen LogP contribution is -2.13. The van der Waals surface area contributed by atoms with Crippen molar-refractivity contribution in [3.05, 3.63) is 35.5 Å². The zero-order chi connectivity index (χ0) is 14.4. The maximum atomic E-state index is 12.7. The summed E-state index contributed by atoms with van der Waals surface area (Å²) in [7, 11) is 0. The van der Waals surface area contributed by atoms with Gasteiger partial charge in [-0.05, 0) is 17.5 Å². The van der Waals surface area contributed by atoms with Crippen molar-refractivity contribution in [2.24, 2.45) is 0 Å². The highest BCUT2D eigenvalue weighted by atomic mass is 19.4. The highest BCUT2D eigenvalue weighted by molar-refractivity contribution is 5.85. The predicted octanol–water partition coefficient (Wildman–Crippen LogP) is 4.26. The fourth-order valence-corrected chi connectivity index (χ4v) is 2.15. The number of pyridine rings is 1. The molecule has 0 aliphatic carbocycles. The minimum absolute atomic E-state index is 0.000223. The Hall–Kier alpha value is -1.78. The van der Waals surface area contributed by atoms with Crippen LogP contribution in [0, 0.1) is 0 Å². The molecule has 0 bridgehead atoms. The minimum atomic E-state index is -4.39. The molecule has 2 nitrogen and oxygen atoms in total. The first kappa shape index (κ1) is 13.6. The molecule has 1 heterocycles. The molecule has 0 atom stereocenters. The van der Waals surface area contributed by atoms with Crippen LogP contribution in [0.2, 0.25) is 0 Å². The van der Waals surface area contributed by atoms with Gasteiger partial charge in [-0.3, -0.25) is 4.98 Å². The van der Waals surface area contributed by atoms with Crippen LogP contribution in [0.5, 0.6) is 5.75 Å². The van der Waals surface area contributed by atoms with E-state index in [1.54, 1.807) is 0 Å². The van der Waals surface area contributed by atoms with Gasteiger partial charge < -0.3 is 5.11 Å². The van der Waals surface area contributed by atoms with E-state index >= 15 is 0 Å². The zero-order valence-electron chi connectivity index (χ0n) is 10.8. The fraction of sp³-hybridized carbons (Fsp3) is 0.357. The number of rotatable bonds is 0. The van der Waals surface area contributed by atoms with Gasteiger partial charge in [0.25, 0.3) is 0 Å². The molecule has 1 N–H and O–H groups in total. The Morgan fingerprint density at radius 2 is 1.74 bits per heavy atom. The lowest BCUT2D eigenvalue weighted by molar-refractivity contribution is -0.137. The van der Waals surface area contributed by atoms with Crippen LogP contribution in [-0.2, 0) is 11.6 Å². The van der Waals surface area contributed by atoms with Crippen molar-refractivity contribution in [3.8, 4) is 5.75 Å². The molecule has 1 aromatic heterocycles. The molecule has 0 radical (unpaired) electrons. The van der Waals surface area contributed by atoms with E-state index in [0.717, 1.165) is 12.1 Å². The van der Waals surface area contributed by atoms with E-state index in [9.17, 15) is 18.3 Å². The number of aromatic nitrogens is 1. The van der Waals surface area contributed by atoms with E-state index in [1.807, 2.05) is 20.8 Å². The Morgan fingerprint density at radius 1 is 1.11 bits per heavy atom. The molecule has 0 saturated carbocycles. The van der Waals surface area contributed by atoms with E-state index < -0.39 is 11.7 Å². The molecule has 2 aromatic rings. The summed E-state index contributed by atoms with van der Waals surface area (Å²) in [5, 5.41) is 10.4. The molecule has 0 aliphatic rings. The van der Waals surface area contributed by atoms with Gasteiger partial charge in [0, 0.05) is 10.9 Å². The molecule has 19 heavy (non-hydrogen) atoms. The largest absolute Gasteiger partial charge is 0.506 e. The second-order valence-corrected chi connectivity index (χ2v) is 5.50. The Balaban J connectivity index is 2.76. The van der Waals surface area contributed by atoms with E-state index in [0.29, 0.717) is 10.9 Å². The number of aromatic hydroxyl groups is 1. The third-order valence-corrected chi connectivity index (χ3v) is 2.93. The first-order chi connectivity index (χ1) is 8.60. The van der Waals surface area contributed by atoms with Gasteiger partial charge in [-0.25, -0.2) is 0 Å². The number of hydrogen-bond donors (Lipinski definition) is 1. The summed E-state index contributed by atoms with van der Waals surface area (Å²) in [5.74, 6) is -0.000223. The smallest absolute Gasteiger partial charge is 0.416 e. The van der Waals surface area contributed by atoms with Gasteiger partial charge in [0.05, 0.1) is 17.3 Å². The number of fused-ring (bicyclic) bond motifs is 1. The molecular formula is C14H14F3NO. The van der Waals surface area contributed by atoms with Crippen molar-refractivity contribution in [2.75, 3.05) is 0 Å². The summed E-state index contributed by atoms with van der Waals surface area (Å²) in [5.41, 5.74) is -0.285. The van der Waals surface area contributed by atoms with Crippen molar-refractivity contribution in [1.82, 2.24) is 4.98 Å². The summed E-state index contributed by atoms with van der Waals surface area (Å²) in [6.07, 6.45) is -3.20. The molecule has 0 spiro atoms. The van der Waals surface area contributed by atoms with Gasteiger partial charge in [-0.15, -0.1) is 0 Å². The molecular weight excluding hydrogens is 255 g/mol. The summed E-state index contributed by atoms with van der Waals surface area (Å²) in [4.78, 5) is 3.88. The van der Waals surface area contributed by atoms with Crippen LogP contribution in [0.15, 0.2) is 24.4 Å². The number of benzene rings is 1. The van der Waals surface area contributed by atoms with Crippen LogP contribution >= 0.6 is 0 Å². The van der Waals surface area contributed by atoms with Gasteiger partial charge in [-0.2, -0.15) is 13.2 Å². The van der Waals surface area contributed by atoms with Crippen molar-refractivity contribution in [1.29, 1.82) is 0 Å². The van der Waals surface area contributed by atoms with Gasteiger partial charge in [0.1, 0.15) is 5.75 Å². The number of hydrogen-bond acceptors (Lipinski definition) is 2. The Labute approximate surface area is 108 Å². The number of halogens is 3. The third-order valence-electron chi connectivity index (χ3n) is 2.93. The normalized spacial score (nSPS) is 12.9. The maximum absolute atomic E-state index is 12.7. The topological polar surface area (TPSA) is 33.1 Å². The van der Waals surface area contributed by atoms with E-state index in [-0.39, 0.29) is 16.7 Å². The van der Waals surface area contributed by atoms with Crippen molar-refractivity contribution >= 4 is 10.9 Å². The average molecular weight is 269 g/mol. The molecule has 0 aliphatic heterocycles. The van der Waals surface area contributed by atoms with E-state index in [2.05, 4.69) is 4.98 Å². The molecule has 1 aromatic carbocycles. The van der Waals surface area contributed by atoms with Crippen LogP contribution in [0.3, 0.4) is 0 Å². The first-order valence-corrected chi connectivity index (χ1v) is 5.80. The quantitative estimate of drug-likeness (QED) is 0.775. The van der Waals surface area contributed by atoms with E-state index in [4.69, 9.17) is 0 Å². The van der Waals surface area contributed by atoms with Crippen LogP contribution in [0.4, 0.5) is 13.2 Å². The van der Waals surface area contributed by atoms with Crippen molar-refractivity contribution in [3.63, 3.8) is 0 Å². The number of nitrogens with zero attached hydrogens (tertiary/aromatic N) is 1. The van der Waals surface area contributed by atoms with Crippen LogP contribution in [0.25, 0.3) is 10.9 Å². The monoisotopic (exact) mass is 269 g/mol. The average Bonchev–Trinajstić information content (AvgIpc) is 2.25. The fourth-order valence-electron chi connectivity index (χ4n) is 2.15. The maximum Gasteiger partial charge on any atom is 0.416 e. The summed E-state index contributed by atoms with van der Waals surface area (Å²) >= 11 is 0. The molecule has 0 saturated heterocycles. The second kappa shape index (κ2) is 4.11. The summed E-state index contributed by atoms with van der Waals surface area (Å²) in [6, 6.07) is 3.38. The van der Waals surface area contributed by atoms with Gasteiger partial charge >= 0.3 is 6.18 Å². The summed E-state index contributed by atoms with van der Waals surface area (Å²) < 4.78 is 38.0. The first-order valence-electron chi connectivity index (χ1n) is 5.80. The summed E-state index contributed by atoms with van der Waals surface area (Å²) in [6.45, 7) is 5.66. The Bertz CT molecular complexity index is 627. The molecule has 2 rings (SSSR count). The van der Waals surface area contributed by atoms with Crippen LogP contribution in [-0.4, -0.2) is 10.1 Å². The highest BCUT2D eigenvalue weighted by Gasteiger charge is 2.31. The zero-order valence-corrected chi connectivity index (χ0v) is 10.8. The van der Waals surface area contributed by atoms with E-state index in [1.165, 1.54) is 12.3 Å². The minimum Gasteiger partial charge on any atom is -0.506 e. The lowest BCUT2D eigenvalue weighted by atomic mass is 9.84. The SMILES string of the molecule is CC(C)(C)c1c(O)cnc2cc(C(F)(F)F)ccc12. The van der Waals surface area contributed by atoms with Crippen LogP contribution < -0.4 is 0 Å². The molecule has 0 unspecified atom stereocenters. The van der Waals surface area contributed by atoms with Crippen LogP contribution in [0.1, 0.15) is 31.9 Å². The molecule has 102 valence electrons. The standard InChI is InChI=1S/C14H14F3NO/c1-13(2,3)12-9-5-4-8(14(15,16)17)6-10(9)18-7-11(12)19/h4-7,19H,1-3H3. The second-order valence-electron chi connectivity index (χ2n) is 5.50. The van der Waals surface area contributed by atoms with Gasteiger partial charge in [0.15, 0.2) is 0 Å². The van der Waals surface area contributed by atoms with Crippen molar-refractivity contribution < 1.29 is 18.3 Å². The predicted molar refractivity (Wildman–Crippen MR) is 67.1 cm³/mol. The van der Waals surface area contributed by atoms with Gasteiger partial charge in [0.2, 0.25) is 0 Å². The van der Waals surface area contributed by atoms with Gasteiger partial charge in [-0.1, -0.05) is 26.8 Å². The Kier molecular flexibility index (Phi) is 2.96. The third kappa shape index (κ3) is 2.50.